The second kappa shape index (κ2) is 9.25. The van der Waals surface area contributed by atoms with Crippen LogP contribution in [0.25, 0.3) is 16.7 Å². The molecular weight excluding hydrogens is 481 g/mol. The van der Waals surface area contributed by atoms with Crippen molar-refractivity contribution in [1.82, 2.24) is 24.1 Å². The van der Waals surface area contributed by atoms with E-state index in [2.05, 4.69) is 20.0 Å². The lowest BCUT2D eigenvalue weighted by Crippen LogP contribution is -2.44. The number of benzene rings is 1. The largest absolute Gasteiger partial charge is 0.446 e. The summed E-state index contributed by atoms with van der Waals surface area (Å²) in [5, 5.41) is 4.77. The Morgan fingerprint density at radius 2 is 1.91 bits per heavy atom. The van der Waals surface area contributed by atoms with Crippen LogP contribution in [-0.4, -0.2) is 54.9 Å². The number of nitrogens with zero attached hydrogens (tertiary/aromatic N) is 5. The summed E-state index contributed by atoms with van der Waals surface area (Å²) >= 11 is -0.195. The molecule has 0 saturated carbocycles. The number of thioether (sulfide) groups is 1. The van der Waals surface area contributed by atoms with Crippen LogP contribution in [0.4, 0.5) is 13.2 Å². The lowest BCUT2D eigenvalue weighted by atomic mass is 10.1. The van der Waals surface area contributed by atoms with E-state index in [1.807, 2.05) is 19.9 Å². The molecular formula is C23H24F3N6O2S+. The van der Waals surface area contributed by atoms with Gasteiger partial charge in [-0.05, 0) is 53.4 Å². The van der Waals surface area contributed by atoms with Crippen LogP contribution in [0.1, 0.15) is 25.0 Å². The monoisotopic (exact) mass is 505 g/mol. The van der Waals surface area contributed by atoms with Gasteiger partial charge in [0.25, 0.3) is 12.0 Å². The molecule has 8 nitrogen and oxygen atoms in total. The molecule has 1 fully saturated rings. The van der Waals surface area contributed by atoms with E-state index < -0.39 is 11.2 Å². The molecule has 1 N–H and O–H groups in total. The average Bonchev–Trinajstić information content (AvgIpc) is 3.27. The molecule has 0 unspecified atom stereocenters. The highest BCUT2D eigenvalue weighted by atomic mass is 32.2. The molecule has 1 aliphatic rings. The van der Waals surface area contributed by atoms with Crippen molar-refractivity contribution in [3.8, 4) is 0 Å². The number of pyridine rings is 1. The summed E-state index contributed by atoms with van der Waals surface area (Å²) in [5.74, 6) is 0. The van der Waals surface area contributed by atoms with E-state index in [0.717, 1.165) is 18.7 Å². The first-order valence-electron chi connectivity index (χ1n) is 11.2. The zero-order valence-electron chi connectivity index (χ0n) is 19.1. The van der Waals surface area contributed by atoms with E-state index in [1.54, 1.807) is 24.4 Å². The number of morpholine rings is 1. The van der Waals surface area contributed by atoms with Gasteiger partial charge in [0.2, 0.25) is 0 Å². The van der Waals surface area contributed by atoms with E-state index in [-0.39, 0.29) is 35.4 Å². The Morgan fingerprint density at radius 1 is 1.17 bits per heavy atom. The lowest BCUT2D eigenvalue weighted by Gasteiger charge is -2.35. The van der Waals surface area contributed by atoms with Crippen molar-refractivity contribution in [1.29, 1.82) is 0 Å². The van der Waals surface area contributed by atoms with Crippen LogP contribution < -0.4 is 10.7 Å². The number of hydrogen-bond donors (Lipinski definition) is 0. The van der Waals surface area contributed by atoms with E-state index in [1.165, 1.54) is 21.5 Å². The molecule has 1 saturated heterocycles. The van der Waals surface area contributed by atoms with Gasteiger partial charge in [0.05, 0.1) is 24.1 Å². The standard InChI is InChI=1S/C23H23F3N6O2S/c1-14-9-30(10-15(2)34-14)11-16-7-18-20(27-8-16)31(22(33)32-21(18)28-13-29-32)12-17-5-3-4-6-19(17)35-23(24,25)26/h3-8,13-15H,9-12H2,1-2H3/p+1/t14-,15+. The predicted molar refractivity (Wildman–Crippen MR) is 124 cm³/mol. The maximum atomic E-state index is 13.2. The molecule has 35 heavy (non-hydrogen) atoms. The average molecular weight is 506 g/mol. The summed E-state index contributed by atoms with van der Waals surface area (Å²) in [5.41, 5.74) is -2.75. The Morgan fingerprint density at radius 3 is 2.66 bits per heavy atom. The summed E-state index contributed by atoms with van der Waals surface area (Å²) < 4.78 is 47.7. The minimum Gasteiger partial charge on any atom is -0.373 e. The number of H-pyrrole nitrogens is 1. The Balaban J connectivity index is 1.56. The van der Waals surface area contributed by atoms with Crippen molar-refractivity contribution < 1.29 is 22.9 Å². The van der Waals surface area contributed by atoms with E-state index in [9.17, 15) is 18.0 Å². The fourth-order valence-corrected chi connectivity index (χ4v) is 5.29. The minimum absolute atomic E-state index is 0.0411. The van der Waals surface area contributed by atoms with Crippen molar-refractivity contribution >= 4 is 28.4 Å². The molecule has 2 atom stereocenters. The summed E-state index contributed by atoms with van der Waals surface area (Å²) in [6.45, 7) is 6.26. The molecule has 4 aromatic rings. The third-order valence-electron chi connectivity index (χ3n) is 5.86. The highest BCUT2D eigenvalue weighted by Crippen LogP contribution is 2.38. The van der Waals surface area contributed by atoms with Crippen LogP contribution in [0.3, 0.4) is 0 Å². The Kier molecular flexibility index (Phi) is 6.28. The summed E-state index contributed by atoms with van der Waals surface area (Å²) in [4.78, 5) is 23.1. The minimum atomic E-state index is -4.44. The Bertz CT molecular complexity index is 1430. The topological polar surface area (TPSA) is 78.8 Å². The first-order valence-corrected chi connectivity index (χ1v) is 12.0. The summed E-state index contributed by atoms with van der Waals surface area (Å²) in [7, 11) is 0. The number of aromatic amines is 1. The highest BCUT2D eigenvalue weighted by molar-refractivity contribution is 8.00. The smallest absolute Gasteiger partial charge is 0.373 e. The number of rotatable bonds is 5. The first-order chi connectivity index (χ1) is 16.7. The molecule has 5 rings (SSSR count). The van der Waals surface area contributed by atoms with Crippen molar-refractivity contribution in [2.45, 2.75) is 49.5 Å². The van der Waals surface area contributed by atoms with Gasteiger partial charge in [-0.3, -0.25) is 9.47 Å². The van der Waals surface area contributed by atoms with Gasteiger partial charge in [0.15, 0.2) is 5.65 Å². The van der Waals surface area contributed by atoms with Crippen LogP contribution in [0.2, 0.25) is 0 Å². The van der Waals surface area contributed by atoms with Gasteiger partial charge in [-0.15, -0.1) is 0 Å². The molecule has 0 aliphatic carbocycles. The molecule has 1 aromatic carbocycles. The van der Waals surface area contributed by atoms with Crippen molar-refractivity contribution in [3.05, 3.63) is 64.5 Å². The molecule has 184 valence electrons. The number of hydrogen-bond acceptors (Lipinski definition) is 6. The zero-order chi connectivity index (χ0) is 24.7. The second-order valence-corrected chi connectivity index (χ2v) is 9.85. The normalized spacial score (nSPS) is 19.6. The van der Waals surface area contributed by atoms with Crippen LogP contribution in [0, 0.1) is 0 Å². The second-order valence-electron chi connectivity index (χ2n) is 8.74. The van der Waals surface area contributed by atoms with Crippen molar-refractivity contribution in [2.75, 3.05) is 13.1 Å². The molecule has 3 aromatic heterocycles. The summed E-state index contributed by atoms with van der Waals surface area (Å²) in [6.07, 6.45) is 3.38. The van der Waals surface area contributed by atoms with Gasteiger partial charge < -0.3 is 4.74 Å². The highest BCUT2D eigenvalue weighted by Gasteiger charge is 2.31. The maximum Gasteiger partial charge on any atom is 0.446 e. The third-order valence-corrected chi connectivity index (χ3v) is 6.71. The maximum absolute atomic E-state index is 13.2. The number of ether oxygens (including phenoxy) is 1. The molecule has 0 amide bonds. The van der Waals surface area contributed by atoms with Gasteiger partial charge in [0, 0.05) is 35.8 Å². The number of halogens is 3. The fourth-order valence-electron chi connectivity index (χ4n) is 4.63. The zero-order valence-corrected chi connectivity index (χ0v) is 19.9. The Labute approximate surface area is 202 Å². The van der Waals surface area contributed by atoms with Crippen LogP contribution in [-0.2, 0) is 17.8 Å². The Hall–Kier alpha value is -2.96. The number of fused-ring (bicyclic) bond motifs is 3. The van der Waals surface area contributed by atoms with Gasteiger partial charge in [0.1, 0.15) is 0 Å². The third kappa shape index (κ3) is 5.04. The van der Waals surface area contributed by atoms with Gasteiger partial charge in [-0.25, -0.2) is 14.8 Å². The fraction of sp³-hybridized carbons (Fsp3) is 0.391. The van der Waals surface area contributed by atoms with Crippen LogP contribution >= 0.6 is 11.8 Å². The van der Waals surface area contributed by atoms with Crippen molar-refractivity contribution in [3.63, 3.8) is 0 Å². The summed E-state index contributed by atoms with van der Waals surface area (Å²) in [6, 6.07) is 8.13. The van der Waals surface area contributed by atoms with E-state index in [4.69, 9.17) is 4.74 Å². The van der Waals surface area contributed by atoms with E-state index in [0.29, 0.717) is 28.8 Å². The van der Waals surface area contributed by atoms with Gasteiger partial charge >= 0.3 is 11.2 Å². The quantitative estimate of drug-likeness (QED) is 0.388. The van der Waals surface area contributed by atoms with Gasteiger partial charge in [-0.1, -0.05) is 18.2 Å². The van der Waals surface area contributed by atoms with Crippen LogP contribution in [0.5, 0.6) is 0 Å². The molecule has 0 spiro atoms. The lowest BCUT2D eigenvalue weighted by molar-refractivity contribution is -0.345. The number of aromatic nitrogens is 5. The molecule has 1 aliphatic heterocycles. The first kappa shape index (κ1) is 23.8. The number of alkyl halides is 3. The molecule has 4 heterocycles. The van der Waals surface area contributed by atoms with Crippen LogP contribution in [0.15, 0.2) is 52.5 Å². The van der Waals surface area contributed by atoms with E-state index >= 15 is 0 Å². The molecule has 12 heteroatoms. The van der Waals surface area contributed by atoms with Crippen molar-refractivity contribution in [2.24, 2.45) is 0 Å². The molecule has 0 bridgehead atoms. The predicted octanol–water partition coefficient (Wildman–Crippen LogP) is 3.13. The molecule has 0 radical (unpaired) electrons. The number of nitrogens with one attached hydrogen (secondary N) is 1. The SMILES string of the molecule is C[C@@H]1CN(Cc2cnc3c(c2)c2[nH+]cnn2c(=O)n3Cc2ccccc2SC(F)(F)F)C[C@H](C)O1. The van der Waals surface area contributed by atoms with Gasteiger partial charge in [-0.2, -0.15) is 13.2 Å².